The number of H-pyrrole nitrogens is 1. The Morgan fingerprint density at radius 2 is 1.86 bits per heavy atom. The van der Waals surface area contributed by atoms with E-state index in [0.717, 1.165) is 31.9 Å². The molecular formula is C26H24ClF2N5O2. The van der Waals surface area contributed by atoms with E-state index in [1.807, 2.05) is 6.08 Å². The number of pyridine rings is 1. The number of nitrogens with zero attached hydrogens (tertiary/aromatic N) is 2. The Kier molecular flexibility index (Phi) is 5.76. The molecule has 36 heavy (non-hydrogen) atoms. The number of aliphatic carboxylic acids is 1. The van der Waals surface area contributed by atoms with Crippen molar-refractivity contribution in [3.8, 4) is 0 Å². The first-order valence-corrected chi connectivity index (χ1v) is 12.4. The maximum absolute atomic E-state index is 14.0. The number of amidine groups is 1. The van der Waals surface area contributed by atoms with Crippen LogP contribution in [0.2, 0.25) is 5.02 Å². The summed E-state index contributed by atoms with van der Waals surface area (Å²) in [6.45, 7) is 0. The van der Waals surface area contributed by atoms with Gasteiger partial charge >= 0.3 is 5.97 Å². The Labute approximate surface area is 210 Å². The average molecular weight is 512 g/mol. The van der Waals surface area contributed by atoms with Crippen molar-refractivity contribution in [2.75, 3.05) is 0 Å². The predicted molar refractivity (Wildman–Crippen MR) is 132 cm³/mol. The number of aromatic amines is 1. The molecule has 3 aromatic rings. The minimum Gasteiger partial charge on any atom is -0.481 e. The Morgan fingerprint density at radius 3 is 2.61 bits per heavy atom. The molecule has 3 saturated carbocycles. The lowest BCUT2D eigenvalue weighted by atomic mass is 9.61. The molecule has 7 rings (SSSR count). The molecule has 4 N–H and O–H groups in total. The second kappa shape index (κ2) is 8.97. The van der Waals surface area contributed by atoms with E-state index < -0.39 is 29.7 Å². The van der Waals surface area contributed by atoms with Gasteiger partial charge in [0.15, 0.2) is 0 Å². The Balaban J connectivity index is 1.41. The number of hydrogen-bond acceptors (Lipinski definition) is 5. The quantitative estimate of drug-likeness (QED) is 0.398. The van der Waals surface area contributed by atoms with Crippen molar-refractivity contribution in [3.63, 3.8) is 0 Å². The zero-order valence-corrected chi connectivity index (χ0v) is 19.9. The standard InChI is InChI=1S/C26H24ClF2N5O2/c27-19-8-14(28)5-6-16(19)20-9-21(33-23-13-3-1-12(2-4-13)22(23)26(35)36)34-25(32-20)18-11-31-24-17(18)7-15(29)10-30-24/h5-13,21-23,33H,1-4H2,(H,30,31)(H,32,34)(H,35,36). The first-order chi connectivity index (χ1) is 17.4. The molecule has 3 atom stereocenters. The zero-order valence-electron chi connectivity index (χ0n) is 19.1. The minimum absolute atomic E-state index is 0.146. The van der Waals surface area contributed by atoms with Crippen molar-refractivity contribution in [2.45, 2.75) is 37.9 Å². The van der Waals surface area contributed by atoms with Gasteiger partial charge in [0.05, 0.1) is 17.1 Å². The monoisotopic (exact) mass is 511 g/mol. The SMILES string of the molecule is O=C(O)C1C2CCC(CC2)C1NC1C=C(c2ccc(F)cc2Cl)NC(c2c[nH]c3ncc(F)cc23)=N1. The molecule has 186 valence electrons. The third-order valence-electron chi connectivity index (χ3n) is 7.69. The van der Waals surface area contributed by atoms with Crippen LogP contribution in [0.1, 0.15) is 36.8 Å². The lowest BCUT2D eigenvalue weighted by Gasteiger charge is -2.47. The summed E-state index contributed by atoms with van der Waals surface area (Å²) >= 11 is 6.38. The fourth-order valence-corrected chi connectivity index (χ4v) is 6.31. The molecule has 1 aliphatic heterocycles. The molecule has 0 saturated heterocycles. The molecular weight excluding hydrogens is 488 g/mol. The average Bonchev–Trinajstić information content (AvgIpc) is 3.27. The number of carboxylic acid groups (broad SMARTS) is 1. The van der Waals surface area contributed by atoms with Crippen LogP contribution in [0.25, 0.3) is 16.7 Å². The van der Waals surface area contributed by atoms with Gasteiger partial charge in [-0.2, -0.15) is 0 Å². The van der Waals surface area contributed by atoms with Crippen LogP contribution in [0.3, 0.4) is 0 Å². The second-order valence-electron chi connectivity index (χ2n) is 9.74. The molecule has 10 heteroatoms. The number of halogens is 3. The summed E-state index contributed by atoms with van der Waals surface area (Å²) in [6, 6.07) is 5.29. The van der Waals surface area contributed by atoms with Crippen LogP contribution in [0.4, 0.5) is 8.78 Å². The van der Waals surface area contributed by atoms with E-state index in [-0.39, 0.29) is 22.9 Å². The van der Waals surface area contributed by atoms with Gasteiger partial charge in [-0.1, -0.05) is 11.6 Å². The van der Waals surface area contributed by atoms with E-state index in [9.17, 15) is 18.7 Å². The van der Waals surface area contributed by atoms with Crippen molar-refractivity contribution in [1.29, 1.82) is 0 Å². The molecule has 1 aromatic carbocycles. The van der Waals surface area contributed by atoms with Crippen LogP contribution in [0.5, 0.6) is 0 Å². The van der Waals surface area contributed by atoms with E-state index >= 15 is 0 Å². The van der Waals surface area contributed by atoms with Crippen LogP contribution in [0.15, 0.2) is 47.7 Å². The number of nitrogens with one attached hydrogen (secondary N) is 3. The van der Waals surface area contributed by atoms with Crippen LogP contribution < -0.4 is 10.6 Å². The predicted octanol–water partition coefficient (Wildman–Crippen LogP) is 4.69. The number of carbonyl (C=O) groups is 1. The van der Waals surface area contributed by atoms with Gasteiger partial charge in [0.1, 0.15) is 29.3 Å². The lowest BCUT2D eigenvalue weighted by Crippen LogP contribution is -2.57. The Bertz CT molecular complexity index is 1410. The van der Waals surface area contributed by atoms with Gasteiger partial charge in [-0.25, -0.2) is 18.8 Å². The number of carboxylic acids is 1. The van der Waals surface area contributed by atoms with Crippen molar-refractivity contribution in [1.82, 2.24) is 20.6 Å². The summed E-state index contributed by atoms with van der Waals surface area (Å²) in [5.41, 5.74) is 2.27. The van der Waals surface area contributed by atoms with Crippen molar-refractivity contribution < 1.29 is 18.7 Å². The molecule has 3 aliphatic carbocycles. The molecule has 3 heterocycles. The molecule has 0 spiro atoms. The third kappa shape index (κ3) is 4.06. The topological polar surface area (TPSA) is 102 Å². The number of hydrogen-bond donors (Lipinski definition) is 4. The highest BCUT2D eigenvalue weighted by Gasteiger charge is 2.47. The van der Waals surface area contributed by atoms with E-state index in [1.54, 1.807) is 12.3 Å². The molecule has 2 bridgehead atoms. The van der Waals surface area contributed by atoms with Gasteiger partial charge < -0.3 is 15.4 Å². The number of aromatic nitrogens is 2. The van der Waals surface area contributed by atoms with Crippen LogP contribution in [-0.4, -0.2) is 39.1 Å². The number of rotatable bonds is 5. The summed E-state index contributed by atoms with van der Waals surface area (Å²) in [5, 5.41) is 17.5. The summed E-state index contributed by atoms with van der Waals surface area (Å²) in [5.74, 6) is -1.36. The highest BCUT2D eigenvalue weighted by Crippen LogP contribution is 2.45. The van der Waals surface area contributed by atoms with Gasteiger partial charge in [0.25, 0.3) is 0 Å². The van der Waals surface area contributed by atoms with Crippen LogP contribution in [-0.2, 0) is 4.79 Å². The van der Waals surface area contributed by atoms with E-state index in [0.29, 0.717) is 33.7 Å². The fourth-order valence-electron chi connectivity index (χ4n) is 6.04. The first-order valence-electron chi connectivity index (χ1n) is 12.0. The van der Waals surface area contributed by atoms with Gasteiger partial charge in [0.2, 0.25) is 0 Å². The molecule has 4 aliphatic rings. The highest BCUT2D eigenvalue weighted by molar-refractivity contribution is 6.32. The third-order valence-corrected chi connectivity index (χ3v) is 8.00. The molecule has 0 amide bonds. The van der Waals surface area contributed by atoms with E-state index in [4.69, 9.17) is 16.6 Å². The zero-order chi connectivity index (χ0) is 25.0. The van der Waals surface area contributed by atoms with E-state index in [1.165, 1.54) is 18.2 Å². The van der Waals surface area contributed by atoms with Gasteiger partial charge in [-0.15, -0.1) is 0 Å². The maximum Gasteiger partial charge on any atom is 0.308 e. The molecule has 3 unspecified atom stereocenters. The lowest BCUT2D eigenvalue weighted by molar-refractivity contribution is -0.149. The summed E-state index contributed by atoms with van der Waals surface area (Å²) in [6.07, 6.45) is 7.92. The van der Waals surface area contributed by atoms with Gasteiger partial charge in [0, 0.05) is 34.4 Å². The molecule has 3 fully saturated rings. The minimum atomic E-state index is -0.788. The fraction of sp³-hybridized carbons (Fsp3) is 0.346. The van der Waals surface area contributed by atoms with Crippen molar-refractivity contribution in [3.05, 3.63) is 70.5 Å². The smallest absolute Gasteiger partial charge is 0.308 e. The van der Waals surface area contributed by atoms with E-state index in [2.05, 4.69) is 20.6 Å². The normalized spacial score (nSPS) is 27.5. The molecule has 7 nitrogen and oxygen atoms in total. The summed E-state index contributed by atoms with van der Waals surface area (Å²) in [7, 11) is 0. The molecule has 2 aromatic heterocycles. The van der Waals surface area contributed by atoms with Crippen molar-refractivity contribution in [2.24, 2.45) is 22.7 Å². The van der Waals surface area contributed by atoms with Gasteiger partial charge in [-0.3, -0.25) is 10.1 Å². The van der Waals surface area contributed by atoms with Crippen LogP contribution >= 0.6 is 11.6 Å². The van der Waals surface area contributed by atoms with Crippen LogP contribution in [0, 0.1) is 29.4 Å². The van der Waals surface area contributed by atoms with Gasteiger partial charge in [-0.05, 0) is 67.9 Å². The molecule has 0 radical (unpaired) electrons. The highest BCUT2D eigenvalue weighted by atomic mass is 35.5. The largest absolute Gasteiger partial charge is 0.481 e. The first kappa shape index (κ1) is 23.1. The Hall–Kier alpha value is -3.30. The number of fused-ring (bicyclic) bond motifs is 4. The second-order valence-corrected chi connectivity index (χ2v) is 10.1. The Morgan fingerprint density at radius 1 is 1.08 bits per heavy atom. The van der Waals surface area contributed by atoms with Crippen molar-refractivity contribution >= 4 is 40.1 Å². The summed E-state index contributed by atoms with van der Waals surface area (Å²) < 4.78 is 27.8. The number of benzene rings is 1. The maximum atomic E-state index is 14.0. The number of aliphatic imine (C=N–C) groups is 1. The summed E-state index contributed by atoms with van der Waals surface area (Å²) in [4.78, 5) is 24.1.